The summed E-state index contributed by atoms with van der Waals surface area (Å²) in [6.07, 6.45) is 0.549. The topological polar surface area (TPSA) is 63.6 Å². The van der Waals surface area contributed by atoms with Crippen molar-refractivity contribution in [2.75, 3.05) is 0 Å². The molecular formula is C12H16FO4P. The van der Waals surface area contributed by atoms with Gasteiger partial charge in [0, 0.05) is 5.56 Å². The summed E-state index contributed by atoms with van der Waals surface area (Å²) in [5.74, 6) is -0.846. The van der Waals surface area contributed by atoms with Crippen LogP contribution in [0, 0.1) is 5.82 Å². The van der Waals surface area contributed by atoms with Crippen molar-refractivity contribution in [2.45, 2.75) is 32.3 Å². The van der Waals surface area contributed by atoms with E-state index in [1.807, 2.05) is 0 Å². The molecule has 0 aliphatic rings. The Balaban J connectivity index is 3.09. The molecule has 1 aromatic rings. The summed E-state index contributed by atoms with van der Waals surface area (Å²) in [6.45, 7) is 3.41. The Bertz CT molecular complexity index is 440. The molecule has 1 unspecified atom stereocenters. The van der Waals surface area contributed by atoms with Crippen LogP contribution in [0.4, 0.5) is 4.39 Å². The monoisotopic (exact) mass is 274 g/mol. The molecule has 4 nitrogen and oxygen atoms in total. The van der Waals surface area contributed by atoms with E-state index in [1.165, 1.54) is 24.3 Å². The first-order valence-corrected chi connectivity index (χ1v) is 6.94. The first-order chi connectivity index (χ1) is 8.45. The van der Waals surface area contributed by atoms with E-state index < -0.39 is 25.5 Å². The third-order valence-corrected chi connectivity index (χ3v) is 3.51. The number of halogens is 1. The van der Waals surface area contributed by atoms with Gasteiger partial charge in [-0.2, -0.15) is 0 Å². The predicted molar refractivity (Wildman–Crippen MR) is 66.3 cm³/mol. The number of hydrogen-bond donors (Lipinski definition) is 1. The zero-order valence-corrected chi connectivity index (χ0v) is 11.3. The zero-order valence-electron chi connectivity index (χ0n) is 10.3. The Morgan fingerprint density at radius 1 is 1.33 bits per heavy atom. The fraction of sp³-hybridized carbons (Fsp3) is 0.417. The molecule has 0 aromatic heterocycles. The molecule has 6 heteroatoms. The van der Waals surface area contributed by atoms with Crippen molar-refractivity contribution in [2.24, 2.45) is 0 Å². The number of hydrogen-bond acceptors (Lipinski definition) is 3. The van der Waals surface area contributed by atoms with E-state index >= 15 is 0 Å². The maximum Gasteiger partial charge on any atom is 0.317 e. The van der Waals surface area contributed by atoms with Gasteiger partial charge in [-0.25, -0.2) is 4.39 Å². The molecule has 18 heavy (non-hydrogen) atoms. The quantitative estimate of drug-likeness (QED) is 0.640. The van der Waals surface area contributed by atoms with Crippen molar-refractivity contribution < 1.29 is 23.2 Å². The van der Waals surface area contributed by atoms with Gasteiger partial charge in [0.25, 0.3) is 0 Å². The highest BCUT2D eigenvalue weighted by Gasteiger charge is 2.38. The minimum atomic E-state index is -3.22. The summed E-state index contributed by atoms with van der Waals surface area (Å²) in [4.78, 5) is 21.2. The van der Waals surface area contributed by atoms with Crippen LogP contribution in [0.5, 0.6) is 0 Å². The molecule has 0 saturated carbocycles. The number of ketones is 1. The van der Waals surface area contributed by atoms with Crippen molar-refractivity contribution in [1.82, 2.24) is 0 Å². The van der Waals surface area contributed by atoms with Gasteiger partial charge in [0.2, 0.25) is 0 Å². The number of rotatable bonds is 6. The molecular weight excluding hydrogens is 258 g/mol. The summed E-state index contributed by atoms with van der Waals surface area (Å²) in [6, 6.07) is 5.03. The summed E-state index contributed by atoms with van der Waals surface area (Å²) >= 11 is 0. The standard InChI is InChI=1S/C12H16FO4P/c1-3-12(4-2,17-18(15)16)11(14)9-5-7-10(13)8-6-9/h5-8,18H,3-4H2,1-2H3,(H,15,16). The molecule has 0 aliphatic carbocycles. The van der Waals surface area contributed by atoms with Gasteiger partial charge in [0.05, 0.1) is 0 Å². The van der Waals surface area contributed by atoms with Crippen molar-refractivity contribution >= 4 is 14.0 Å². The van der Waals surface area contributed by atoms with Gasteiger partial charge in [-0.15, -0.1) is 0 Å². The second kappa shape index (κ2) is 6.23. The van der Waals surface area contributed by atoms with E-state index in [-0.39, 0.29) is 18.4 Å². The van der Waals surface area contributed by atoms with E-state index in [9.17, 15) is 13.8 Å². The van der Waals surface area contributed by atoms with Gasteiger partial charge < -0.3 is 4.89 Å². The Morgan fingerprint density at radius 3 is 2.22 bits per heavy atom. The normalized spacial score (nSPS) is 13.3. The van der Waals surface area contributed by atoms with Crippen LogP contribution in [0.1, 0.15) is 37.0 Å². The molecule has 0 radical (unpaired) electrons. The number of carbonyl (C=O) groups excluding carboxylic acids is 1. The molecule has 0 heterocycles. The highest BCUT2D eigenvalue weighted by Crippen LogP contribution is 2.34. The number of benzene rings is 1. The van der Waals surface area contributed by atoms with Crippen molar-refractivity contribution in [3.8, 4) is 0 Å². The highest BCUT2D eigenvalue weighted by molar-refractivity contribution is 7.32. The molecule has 0 amide bonds. The van der Waals surface area contributed by atoms with E-state index in [1.54, 1.807) is 13.8 Å². The predicted octanol–water partition coefficient (Wildman–Crippen LogP) is 2.97. The van der Waals surface area contributed by atoms with E-state index in [0.29, 0.717) is 0 Å². The van der Waals surface area contributed by atoms with Gasteiger partial charge in [0.15, 0.2) is 5.78 Å². The van der Waals surface area contributed by atoms with Crippen LogP contribution in [-0.2, 0) is 9.09 Å². The fourth-order valence-electron chi connectivity index (χ4n) is 1.79. The van der Waals surface area contributed by atoms with Crippen LogP contribution in [0.25, 0.3) is 0 Å². The highest BCUT2D eigenvalue weighted by atomic mass is 31.1. The van der Waals surface area contributed by atoms with Crippen LogP contribution in [-0.4, -0.2) is 16.3 Å². The van der Waals surface area contributed by atoms with Crippen molar-refractivity contribution in [3.63, 3.8) is 0 Å². The van der Waals surface area contributed by atoms with Crippen molar-refractivity contribution in [3.05, 3.63) is 35.6 Å². The lowest BCUT2D eigenvalue weighted by Crippen LogP contribution is -2.38. The van der Waals surface area contributed by atoms with E-state index in [4.69, 9.17) is 9.42 Å². The van der Waals surface area contributed by atoms with Crippen LogP contribution >= 0.6 is 8.25 Å². The number of Topliss-reactive ketones (excluding diaryl/α,β-unsaturated/α-hetero) is 1. The molecule has 1 rings (SSSR count). The van der Waals surface area contributed by atoms with Gasteiger partial charge in [-0.3, -0.25) is 13.9 Å². The lowest BCUT2D eigenvalue weighted by Gasteiger charge is -2.28. The van der Waals surface area contributed by atoms with Crippen LogP contribution in [0.2, 0.25) is 0 Å². The molecule has 100 valence electrons. The molecule has 0 aliphatic heterocycles. The third kappa shape index (κ3) is 3.25. The summed E-state index contributed by atoms with van der Waals surface area (Å²) in [5.41, 5.74) is -1.05. The average Bonchev–Trinajstić information content (AvgIpc) is 2.36. The molecule has 0 saturated heterocycles. The lowest BCUT2D eigenvalue weighted by molar-refractivity contribution is 0.0395. The summed E-state index contributed by atoms with van der Waals surface area (Å²) < 4.78 is 28.6. The Morgan fingerprint density at radius 2 is 1.83 bits per heavy atom. The minimum Gasteiger partial charge on any atom is -0.326 e. The van der Waals surface area contributed by atoms with Crippen LogP contribution in [0.15, 0.2) is 24.3 Å². The van der Waals surface area contributed by atoms with Gasteiger partial charge >= 0.3 is 8.25 Å². The first-order valence-electron chi connectivity index (χ1n) is 5.67. The molecule has 1 N–H and O–H groups in total. The third-order valence-electron chi connectivity index (χ3n) is 2.95. The molecule has 0 fully saturated rings. The Hall–Kier alpha value is -1.03. The zero-order chi connectivity index (χ0) is 13.8. The maximum absolute atomic E-state index is 12.8. The minimum absolute atomic E-state index is 0.267. The molecule has 1 aromatic carbocycles. The summed E-state index contributed by atoms with van der Waals surface area (Å²) in [5, 5.41) is 0. The van der Waals surface area contributed by atoms with Gasteiger partial charge in [-0.05, 0) is 37.1 Å². The van der Waals surface area contributed by atoms with Gasteiger partial charge in [0.1, 0.15) is 11.4 Å². The Labute approximate surface area is 106 Å². The maximum atomic E-state index is 12.8. The van der Waals surface area contributed by atoms with E-state index in [2.05, 4.69) is 0 Å². The first kappa shape index (κ1) is 15.0. The molecule has 1 atom stereocenters. The van der Waals surface area contributed by atoms with Gasteiger partial charge in [-0.1, -0.05) is 13.8 Å². The van der Waals surface area contributed by atoms with E-state index in [0.717, 1.165) is 0 Å². The summed E-state index contributed by atoms with van der Waals surface area (Å²) in [7, 11) is -3.22. The molecule has 0 bridgehead atoms. The second-order valence-electron chi connectivity index (χ2n) is 3.91. The largest absolute Gasteiger partial charge is 0.326 e. The lowest BCUT2D eigenvalue weighted by atomic mass is 9.88. The second-order valence-corrected chi connectivity index (χ2v) is 4.64. The smallest absolute Gasteiger partial charge is 0.317 e. The van der Waals surface area contributed by atoms with Crippen molar-refractivity contribution in [1.29, 1.82) is 0 Å². The average molecular weight is 274 g/mol. The van der Waals surface area contributed by atoms with Crippen LogP contribution in [0.3, 0.4) is 0 Å². The fourth-order valence-corrected chi connectivity index (χ4v) is 2.51. The number of carbonyl (C=O) groups is 1. The van der Waals surface area contributed by atoms with Crippen LogP contribution < -0.4 is 0 Å². The molecule has 0 spiro atoms. The Kier molecular flexibility index (Phi) is 5.20. The SMILES string of the molecule is CCC(CC)(O[PH](=O)O)C(=O)c1ccc(F)cc1.